The normalized spacial score (nSPS) is 8.42. The van der Waals surface area contributed by atoms with Gasteiger partial charge in [0, 0.05) is 13.1 Å². The first kappa shape index (κ1) is 14.0. The highest BCUT2D eigenvalue weighted by atomic mass is 16.3. The fourth-order valence-corrected chi connectivity index (χ4v) is 0.829. The predicted molar refractivity (Wildman–Crippen MR) is 51.0 cm³/mol. The van der Waals surface area contributed by atoms with E-state index < -0.39 is 0 Å². The minimum atomic E-state index is -0.367. The van der Waals surface area contributed by atoms with Gasteiger partial charge in [0.1, 0.15) is 6.61 Å². The van der Waals surface area contributed by atoms with E-state index in [1.807, 2.05) is 27.7 Å². The van der Waals surface area contributed by atoms with Crippen LogP contribution in [0.2, 0.25) is 0 Å². The Kier molecular flexibility index (Phi) is 12.2. The van der Waals surface area contributed by atoms with Gasteiger partial charge in [0.25, 0.3) is 0 Å². The minimum Gasteiger partial charge on any atom is -0.387 e. The second kappa shape index (κ2) is 10.4. The molecule has 0 spiro atoms. The van der Waals surface area contributed by atoms with Crippen LogP contribution in [0.5, 0.6) is 0 Å². The first-order valence-electron chi connectivity index (χ1n) is 4.64. The number of rotatable bonds is 4. The van der Waals surface area contributed by atoms with Gasteiger partial charge in [-0.1, -0.05) is 20.8 Å². The van der Waals surface area contributed by atoms with E-state index in [1.165, 1.54) is 0 Å². The highest BCUT2D eigenvalue weighted by Crippen LogP contribution is 1.90. The lowest BCUT2D eigenvalue weighted by Crippen LogP contribution is -2.33. The number of carbonyl (C=O) groups is 1. The first-order valence-corrected chi connectivity index (χ1v) is 4.64. The lowest BCUT2D eigenvalue weighted by atomic mass is 10.4. The molecule has 0 aromatic heterocycles. The number of likely N-dealkylation sites (N-methyl/N-ethyl adjacent to an activating group) is 1. The molecule has 0 aliphatic heterocycles. The van der Waals surface area contributed by atoms with Crippen molar-refractivity contribution in [2.45, 2.75) is 34.1 Å². The second-order valence-corrected chi connectivity index (χ2v) is 2.13. The van der Waals surface area contributed by atoms with Gasteiger partial charge in [0.15, 0.2) is 0 Å². The third-order valence-corrected chi connectivity index (χ3v) is 1.36. The molecular weight excluding hydrogens is 154 g/mol. The van der Waals surface area contributed by atoms with E-state index in [2.05, 4.69) is 0 Å². The van der Waals surface area contributed by atoms with Crippen molar-refractivity contribution in [3.05, 3.63) is 0 Å². The van der Waals surface area contributed by atoms with Crippen LogP contribution in [0.25, 0.3) is 0 Å². The van der Waals surface area contributed by atoms with E-state index in [0.717, 1.165) is 13.0 Å². The van der Waals surface area contributed by atoms with Gasteiger partial charge in [-0.3, -0.25) is 4.79 Å². The van der Waals surface area contributed by atoms with E-state index in [0.29, 0.717) is 6.54 Å². The Balaban J connectivity index is 0. The molecule has 0 rings (SSSR count). The maximum absolute atomic E-state index is 10.8. The number of hydrogen-bond acceptors (Lipinski definition) is 2. The van der Waals surface area contributed by atoms with Crippen LogP contribution in [-0.2, 0) is 4.79 Å². The monoisotopic (exact) mass is 175 g/mol. The molecule has 12 heavy (non-hydrogen) atoms. The predicted octanol–water partition coefficient (Wildman–Crippen LogP) is 1.26. The van der Waals surface area contributed by atoms with Crippen LogP contribution in [0.4, 0.5) is 0 Å². The summed E-state index contributed by atoms with van der Waals surface area (Å²) in [5, 5.41) is 8.47. The molecule has 0 unspecified atom stereocenters. The Morgan fingerprint density at radius 3 is 2.08 bits per heavy atom. The zero-order valence-corrected chi connectivity index (χ0v) is 8.63. The standard InChI is InChI=1S/C7H15NO2.C2H6/c1-3-5-8(4-2)7(10)6-9;1-2/h9H,3-6H2,1-2H3;1-2H3. The van der Waals surface area contributed by atoms with Crippen molar-refractivity contribution in [2.24, 2.45) is 0 Å². The maximum Gasteiger partial charge on any atom is 0.248 e. The summed E-state index contributed by atoms with van der Waals surface area (Å²) >= 11 is 0. The molecule has 1 N–H and O–H groups in total. The lowest BCUT2D eigenvalue weighted by Gasteiger charge is -2.18. The molecule has 0 radical (unpaired) electrons. The highest BCUT2D eigenvalue weighted by molar-refractivity contribution is 5.77. The van der Waals surface area contributed by atoms with Crippen LogP contribution >= 0.6 is 0 Å². The molecule has 0 heterocycles. The number of hydrogen-bond donors (Lipinski definition) is 1. The molecule has 0 saturated heterocycles. The van der Waals surface area contributed by atoms with Crippen LogP contribution in [0.1, 0.15) is 34.1 Å². The summed E-state index contributed by atoms with van der Waals surface area (Å²) in [6.45, 7) is 8.98. The van der Waals surface area contributed by atoms with Crippen LogP contribution in [-0.4, -0.2) is 35.6 Å². The molecule has 0 atom stereocenters. The van der Waals surface area contributed by atoms with Gasteiger partial charge in [-0.05, 0) is 13.3 Å². The van der Waals surface area contributed by atoms with Gasteiger partial charge in [-0.15, -0.1) is 0 Å². The fraction of sp³-hybridized carbons (Fsp3) is 0.889. The molecule has 74 valence electrons. The average molecular weight is 175 g/mol. The third-order valence-electron chi connectivity index (χ3n) is 1.36. The van der Waals surface area contributed by atoms with E-state index in [1.54, 1.807) is 4.90 Å². The SMILES string of the molecule is CC.CCCN(CC)C(=O)CO. The van der Waals surface area contributed by atoms with Crippen LogP contribution in [0.15, 0.2) is 0 Å². The van der Waals surface area contributed by atoms with Crippen LogP contribution in [0.3, 0.4) is 0 Å². The summed E-state index contributed by atoms with van der Waals surface area (Å²) in [4.78, 5) is 12.4. The van der Waals surface area contributed by atoms with Gasteiger partial charge >= 0.3 is 0 Å². The van der Waals surface area contributed by atoms with Gasteiger partial charge in [0.2, 0.25) is 5.91 Å². The van der Waals surface area contributed by atoms with Crippen LogP contribution < -0.4 is 0 Å². The van der Waals surface area contributed by atoms with Crippen molar-refractivity contribution in [3.63, 3.8) is 0 Å². The molecule has 0 aromatic carbocycles. The summed E-state index contributed by atoms with van der Waals surface area (Å²) < 4.78 is 0. The van der Waals surface area contributed by atoms with E-state index in [-0.39, 0.29) is 12.5 Å². The second-order valence-electron chi connectivity index (χ2n) is 2.13. The molecule has 0 aliphatic carbocycles. The minimum absolute atomic E-state index is 0.177. The quantitative estimate of drug-likeness (QED) is 0.699. The highest BCUT2D eigenvalue weighted by Gasteiger charge is 2.06. The molecule has 0 fully saturated rings. The number of aliphatic hydroxyl groups excluding tert-OH is 1. The Labute approximate surface area is 75.4 Å². The summed E-state index contributed by atoms with van der Waals surface area (Å²) in [6.07, 6.45) is 0.944. The summed E-state index contributed by atoms with van der Waals surface area (Å²) in [7, 11) is 0. The van der Waals surface area contributed by atoms with Crippen molar-refractivity contribution in [3.8, 4) is 0 Å². The van der Waals surface area contributed by atoms with Crippen molar-refractivity contribution < 1.29 is 9.90 Å². The van der Waals surface area contributed by atoms with E-state index >= 15 is 0 Å². The van der Waals surface area contributed by atoms with Crippen LogP contribution in [0, 0.1) is 0 Å². The van der Waals surface area contributed by atoms with Gasteiger partial charge in [-0.2, -0.15) is 0 Å². The van der Waals surface area contributed by atoms with E-state index in [4.69, 9.17) is 5.11 Å². The molecule has 3 nitrogen and oxygen atoms in total. The van der Waals surface area contributed by atoms with Crippen molar-refractivity contribution >= 4 is 5.91 Å². The third kappa shape index (κ3) is 6.16. The Morgan fingerprint density at radius 1 is 1.33 bits per heavy atom. The molecule has 0 bridgehead atoms. The molecular formula is C9H21NO2. The smallest absolute Gasteiger partial charge is 0.248 e. The summed E-state index contributed by atoms with van der Waals surface area (Å²) in [5.41, 5.74) is 0. The molecule has 3 heteroatoms. The number of carbonyl (C=O) groups excluding carboxylic acids is 1. The molecule has 1 amide bonds. The molecule has 0 aliphatic rings. The van der Waals surface area contributed by atoms with Crippen molar-refractivity contribution in [1.82, 2.24) is 4.90 Å². The topological polar surface area (TPSA) is 40.5 Å². The van der Waals surface area contributed by atoms with Gasteiger partial charge < -0.3 is 10.0 Å². The number of nitrogens with zero attached hydrogens (tertiary/aromatic N) is 1. The fourth-order valence-electron chi connectivity index (χ4n) is 0.829. The lowest BCUT2D eigenvalue weighted by molar-refractivity contribution is -0.134. The molecule has 0 saturated carbocycles. The molecule has 0 aromatic rings. The van der Waals surface area contributed by atoms with Crippen molar-refractivity contribution in [2.75, 3.05) is 19.7 Å². The Morgan fingerprint density at radius 2 is 1.83 bits per heavy atom. The zero-order chi connectivity index (χ0) is 9.98. The Hall–Kier alpha value is -0.570. The largest absolute Gasteiger partial charge is 0.387 e. The maximum atomic E-state index is 10.8. The van der Waals surface area contributed by atoms with Gasteiger partial charge in [0.05, 0.1) is 0 Å². The average Bonchev–Trinajstić information content (AvgIpc) is 2.16. The number of aliphatic hydroxyl groups is 1. The van der Waals surface area contributed by atoms with Gasteiger partial charge in [-0.25, -0.2) is 0 Å². The summed E-state index contributed by atoms with van der Waals surface area (Å²) in [6, 6.07) is 0. The van der Waals surface area contributed by atoms with E-state index in [9.17, 15) is 4.79 Å². The van der Waals surface area contributed by atoms with Crippen molar-refractivity contribution in [1.29, 1.82) is 0 Å². The zero-order valence-electron chi connectivity index (χ0n) is 8.63. The number of amides is 1. The Bertz CT molecular complexity index is 105. The first-order chi connectivity index (χ1) is 5.76. The summed E-state index contributed by atoms with van der Waals surface area (Å²) in [5.74, 6) is -0.177.